The third kappa shape index (κ3) is 1.16. The summed E-state index contributed by atoms with van der Waals surface area (Å²) in [7, 11) is 0. The molecule has 0 aliphatic heterocycles. The van der Waals surface area contributed by atoms with Crippen molar-refractivity contribution in [2.75, 3.05) is 5.33 Å². The molecule has 0 radical (unpaired) electrons. The Hall–Kier alpha value is 0.480. The zero-order valence-corrected chi connectivity index (χ0v) is 8.86. The number of halogens is 1. The van der Waals surface area contributed by atoms with Gasteiger partial charge in [0.2, 0.25) is 0 Å². The predicted octanol–water partition coefficient (Wildman–Crippen LogP) is 3.60. The SMILES string of the molecule is CC1CCCCC12CC2CBr. The van der Waals surface area contributed by atoms with Crippen LogP contribution in [0.25, 0.3) is 0 Å². The fourth-order valence-electron chi connectivity index (χ4n) is 2.96. The third-order valence-corrected chi connectivity index (χ3v) is 4.76. The molecule has 0 bridgehead atoms. The highest BCUT2D eigenvalue weighted by molar-refractivity contribution is 9.09. The van der Waals surface area contributed by atoms with Crippen LogP contribution < -0.4 is 0 Å². The Kier molecular flexibility index (Phi) is 2.03. The number of rotatable bonds is 1. The van der Waals surface area contributed by atoms with Crippen LogP contribution in [0, 0.1) is 17.3 Å². The summed E-state index contributed by atoms with van der Waals surface area (Å²) in [5, 5.41) is 1.25. The van der Waals surface area contributed by atoms with Crippen LogP contribution in [0.3, 0.4) is 0 Å². The molecule has 0 nitrogen and oxygen atoms in total. The van der Waals surface area contributed by atoms with Gasteiger partial charge in [-0.3, -0.25) is 0 Å². The maximum atomic E-state index is 3.61. The van der Waals surface area contributed by atoms with E-state index in [2.05, 4.69) is 22.9 Å². The molecule has 0 aromatic carbocycles. The van der Waals surface area contributed by atoms with E-state index in [1.807, 2.05) is 0 Å². The molecule has 0 heterocycles. The van der Waals surface area contributed by atoms with Crippen LogP contribution in [0.15, 0.2) is 0 Å². The molecule has 3 unspecified atom stereocenters. The van der Waals surface area contributed by atoms with Crippen LogP contribution in [0.5, 0.6) is 0 Å². The van der Waals surface area contributed by atoms with E-state index in [1.54, 1.807) is 0 Å². The largest absolute Gasteiger partial charge is 0.0925 e. The molecule has 0 saturated heterocycles. The van der Waals surface area contributed by atoms with Crippen molar-refractivity contribution in [3.63, 3.8) is 0 Å². The molecule has 0 N–H and O–H groups in total. The first kappa shape index (κ1) is 8.10. The summed E-state index contributed by atoms with van der Waals surface area (Å²) in [6.07, 6.45) is 7.50. The molecule has 2 fully saturated rings. The van der Waals surface area contributed by atoms with Crippen LogP contribution in [-0.2, 0) is 0 Å². The minimum atomic E-state index is 0.807. The van der Waals surface area contributed by atoms with Crippen LogP contribution in [0.1, 0.15) is 39.0 Å². The molecule has 2 aliphatic rings. The van der Waals surface area contributed by atoms with Gasteiger partial charge in [0.1, 0.15) is 0 Å². The lowest BCUT2D eigenvalue weighted by Gasteiger charge is -2.29. The lowest BCUT2D eigenvalue weighted by molar-refractivity contribution is 0.215. The highest BCUT2D eigenvalue weighted by Crippen LogP contribution is 2.64. The standard InChI is InChI=1S/C10H17Br/c1-8-4-2-3-5-10(8)6-9(10)7-11/h8-9H,2-7H2,1H3. The Morgan fingerprint density at radius 2 is 2.27 bits per heavy atom. The summed E-state index contributed by atoms with van der Waals surface area (Å²) in [5.41, 5.74) is 0.807. The van der Waals surface area contributed by atoms with Gasteiger partial charge in [-0.1, -0.05) is 42.1 Å². The minimum Gasteiger partial charge on any atom is -0.0925 e. The Labute approximate surface area is 77.9 Å². The predicted molar refractivity (Wildman–Crippen MR) is 52.0 cm³/mol. The molecule has 0 aromatic heterocycles. The summed E-state index contributed by atoms with van der Waals surface area (Å²) in [6, 6.07) is 0. The van der Waals surface area contributed by atoms with Gasteiger partial charge in [0.15, 0.2) is 0 Å². The molecule has 3 atom stereocenters. The minimum absolute atomic E-state index is 0.807. The molecule has 1 spiro atoms. The summed E-state index contributed by atoms with van der Waals surface area (Å²) >= 11 is 3.61. The van der Waals surface area contributed by atoms with E-state index in [-0.39, 0.29) is 0 Å². The van der Waals surface area contributed by atoms with E-state index in [4.69, 9.17) is 0 Å². The second kappa shape index (κ2) is 2.76. The van der Waals surface area contributed by atoms with Crippen molar-refractivity contribution in [1.29, 1.82) is 0 Å². The van der Waals surface area contributed by atoms with Crippen molar-refractivity contribution >= 4 is 15.9 Å². The van der Waals surface area contributed by atoms with E-state index in [0.29, 0.717) is 0 Å². The Bertz CT molecular complexity index is 155. The van der Waals surface area contributed by atoms with Gasteiger partial charge in [-0.05, 0) is 30.1 Å². The van der Waals surface area contributed by atoms with Gasteiger partial charge in [0, 0.05) is 5.33 Å². The molecule has 11 heavy (non-hydrogen) atoms. The summed E-state index contributed by atoms with van der Waals surface area (Å²) in [5.74, 6) is 2.04. The quantitative estimate of drug-likeness (QED) is 0.588. The first-order valence-electron chi connectivity index (χ1n) is 4.85. The Morgan fingerprint density at radius 1 is 1.45 bits per heavy atom. The normalized spacial score (nSPS) is 49.6. The van der Waals surface area contributed by atoms with Gasteiger partial charge in [0.25, 0.3) is 0 Å². The van der Waals surface area contributed by atoms with Crippen LogP contribution in [-0.4, -0.2) is 5.33 Å². The lowest BCUT2D eigenvalue weighted by atomic mass is 9.76. The van der Waals surface area contributed by atoms with E-state index in [0.717, 1.165) is 17.3 Å². The smallest absolute Gasteiger partial charge is 0.00652 e. The second-order valence-electron chi connectivity index (χ2n) is 4.44. The van der Waals surface area contributed by atoms with Crippen LogP contribution in [0.2, 0.25) is 0 Å². The number of hydrogen-bond acceptors (Lipinski definition) is 0. The van der Waals surface area contributed by atoms with E-state index >= 15 is 0 Å². The molecule has 2 aliphatic carbocycles. The fraction of sp³-hybridized carbons (Fsp3) is 1.00. The Morgan fingerprint density at radius 3 is 2.82 bits per heavy atom. The second-order valence-corrected chi connectivity index (χ2v) is 5.08. The monoisotopic (exact) mass is 216 g/mol. The van der Waals surface area contributed by atoms with Crippen LogP contribution >= 0.6 is 15.9 Å². The van der Waals surface area contributed by atoms with Gasteiger partial charge in [-0.15, -0.1) is 0 Å². The van der Waals surface area contributed by atoms with Crippen molar-refractivity contribution in [3.05, 3.63) is 0 Å². The zero-order chi connectivity index (χ0) is 7.90. The van der Waals surface area contributed by atoms with Crippen molar-refractivity contribution in [2.24, 2.45) is 17.3 Å². The van der Waals surface area contributed by atoms with Crippen molar-refractivity contribution < 1.29 is 0 Å². The first-order chi connectivity index (χ1) is 5.29. The molecule has 1 heteroatoms. The average molecular weight is 217 g/mol. The molecular formula is C10H17Br. The molecule has 2 saturated carbocycles. The molecule has 0 aromatic rings. The van der Waals surface area contributed by atoms with E-state index < -0.39 is 0 Å². The maximum Gasteiger partial charge on any atom is 0.00652 e. The highest BCUT2D eigenvalue weighted by atomic mass is 79.9. The first-order valence-corrected chi connectivity index (χ1v) is 5.98. The average Bonchev–Trinajstić information content (AvgIpc) is 2.72. The molecule has 0 amide bonds. The van der Waals surface area contributed by atoms with Crippen molar-refractivity contribution in [1.82, 2.24) is 0 Å². The van der Waals surface area contributed by atoms with Gasteiger partial charge >= 0.3 is 0 Å². The fourth-order valence-corrected chi connectivity index (χ4v) is 3.83. The van der Waals surface area contributed by atoms with E-state index in [9.17, 15) is 0 Å². The summed E-state index contributed by atoms with van der Waals surface area (Å²) < 4.78 is 0. The highest BCUT2D eigenvalue weighted by Gasteiger charge is 2.56. The van der Waals surface area contributed by atoms with Crippen molar-refractivity contribution in [2.45, 2.75) is 39.0 Å². The third-order valence-electron chi connectivity index (χ3n) is 3.98. The van der Waals surface area contributed by atoms with Crippen LogP contribution in [0.4, 0.5) is 0 Å². The van der Waals surface area contributed by atoms with Gasteiger partial charge in [0.05, 0.1) is 0 Å². The van der Waals surface area contributed by atoms with E-state index in [1.165, 1.54) is 37.4 Å². The van der Waals surface area contributed by atoms with Crippen molar-refractivity contribution in [3.8, 4) is 0 Å². The molecular weight excluding hydrogens is 200 g/mol. The number of alkyl halides is 1. The summed E-state index contributed by atoms with van der Waals surface area (Å²) in [6.45, 7) is 2.46. The Balaban J connectivity index is 2.01. The zero-order valence-electron chi connectivity index (χ0n) is 7.28. The van der Waals surface area contributed by atoms with Gasteiger partial charge < -0.3 is 0 Å². The molecule has 2 rings (SSSR count). The lowest BCUT2D eigenvalue weighted by Crippen LogP contribution is -2.20. The molecule has 64 valence electrons. The topological polar surface area (TPSA) is 0 Å². The van der Waals surface area contributed by atoms with Gasteiger partial charge in [-0.25, -0.2) is 0 Å². The number of hydrogen-bond donors (Lipinski definition) is 0. The maximum absolute atomic E-state index is 3.61. The van der Waals surface area contributed by atoms with Gasteiger partial charge in [-0.2, -0.15) is 0 Å². The summed E-state index contributed by atoms with van der Waals surface area (Å²) in [4.78, 5) is 0.